The van der Waals surface area contributed by atoms with E-state index in [-0.39, 0.29) is 28.7 Å². The van der Waals surface area contributed by atoms with E-state index in [9.17, 15) is 14.7 Å². The summed E-state index contributed by atoms with van der Waals surface area (Å²) in [4.78, 5) is 22.0. The second kappa shape index (κ2) is 4.13. The summed E-state index contributed by atoms with van der Waals surface area (Å²) >= 11 is 0. The van der Waals surface area contributed by atoms with E-state index in [1.807, 2.05) is 0 Å². The van der Waals surface area contributed by atoms with Crippen molar-refractivity contribution in [2.45, 2.75) is 20.8 Å². The number of hydrogen-bond donors (Lipinski definition) is 2. The minimum atomic E-state index is -0.287. The van der Waals surface area contributed by atoms with E-state index < -0.39 is 0 Å². The highest BCUT2D eigenvalue weighted by Crippen LogP contribution is 2.29. The molecule has 0 bridgehead atoms. The van der Waals surface area contributed by atoms with Crippen molar-refractivity contribution in [1.82, 2.24) is 0 Å². The number of carbonyl (C=O) groups excluding carboxylic acids is 2. The number of anilines is 1. The van der Waals surface area contributed by atoms with E-state index in [1.54, 1.807) is 19.1 Å². The number of aromatic hydroxyl groups is 1. The molecule has 1 amide bonds. The number of phenols is 1. The number of rotatable bonds is 2. The molecule has 0 unspecified atom stereocenters. The highest BCUT2D eigenvalue weighted by atomic mass is 16.3. The minimum Gasteiger partial charge on any atom is -0.505 e. The maximum absolute atomic E-state index is 11.2. The smallest absolute Gasteiger partial charge is 0.221 e. The molecule has 80 valence electrons. The zero-order valence-electron chi connectivity index (χ0n) is 8.92. The fourth-order valence-electron chi connectivity index (χ4n) is 1.33. The molecule has 0 aliphatic carbocycles. The van der Waals surface area contributed by atoms with Crippen LogP contribution >= 0.6 is 0 Å². The molecule has 2 N–H and O–H groups in total. The SMILES string of the molecule is CC(=O)Nc1cc(C)cc(C(C)=O)c1O. The summed E-state index contributed by atoms with van der Waals surface area (Å²) in [5.74, 6) is -0.698. The van der Waals surface area contributed by atoms with Crippen molar-refractivity contribution >= 4 is 17.4 Å². The molecular weight excluding hydrogens is 194 g/mol. The Morgan fingerprint density at radius 3 is 2.33 bits per heavy atom. The normalized spacial score (nSPS) is 9.80. The van der Waals surface area contributed by atoms with Crippen LogP contribution in [0.2, 0.25) is 0 Å². The second-order valence-corrected chi connectivity index (χ2v) is 3.45. The molecule has 0 spiro atoms. The first-order valence-electron chi connectivity index (χ1n) is 4.54. The van der Waals surface area contributed by atoms with Crippen molar-refractivity contribution in [3.05, 3.63) is 23.3 Å². The Balaban J connectivity index is 3.28. The molecular formula is C11H13NO3. The van der Waals surface area contributed by atoms with Crippen LogP contribution in [0.3, 0.4) is 0 Å². The Labute approximate surface area is 87.9 Å². The third-order valence-electron chi connectivity index (χ3n) is 1.94. The summed E-state index contributed by atoms with van der Waals surface area (Å²) < 4.78 is 0. The van der Waals surface area contributed by atoms with Gasteiger partial charge in [-0.2, -0.15) is 0 Å². The number of benzene rings is 1. The van der Waals surface area contributed by atoms with E-state index in [1.165, 1.54) is 13.8 Å². The van der Waals surface area contributed by atoms with Crippen LogP contribution in [0.25, 0.3) is 0 Å². The van der Waals surface area contributed by atoms with E-state index in [2.05, 4.69) is 5.32 Å². The molecule has 0 saturated heterocycles. The Morgan fingerprint density at radius 2 is 1.87 bits per heavy atom. The standard InChI is InChI=1S/C11H13NO3/c1-6-4-9(7(2)13)11(15)10(5-6)12-8(3)14/h4-5,15H,1-3H3,(H,12,14). The van der Waals surface area contributed by atoms with Gasteiger partial charge in [-0.05, 0) is 31.5 Å². The summed E-state index contributed by atoms with van der Waals surface area (Å²) in [6.45, 7) is 4.50. The molecule has 0 atom stereocenters. The Hall–Kier alpha value is -1.84. The zero-order chi connectivity index (χ0) is 11.6. The van der Waals surface area contributed by atoms with Crippen LogP contribution in [0, 0.1) is 6.92 Å². The maximum Gasteiger partial charge on any atom is 0.221 e. The van der Waals surface area contributed by atoms with Crippen molar-refractivity contribution in [2.75, 3.05) is 5.32 Å². The molecule has 1 aromatic rings. The van der Waals surface area contributed by atoms with E-state index >= 15 is 0 Å². The molecule has 15 heavy (non-hydrogen) atoms. The van der Waals surface area contributed by atoms with Gasteiger partial charge in [0.1, 0.15) is 5.75 Å². The van der Waals surface area contributed by atoms with Crippen molar-refractivity contribution < 1.29 is 14.7 Å². The summed E-state index contributed by atoms with van der Waals surface area (Å²) in [7, 11) is 0. The number of hydrogen-bond acceptors (Lipinski definition) is 3. The van der Waals surface area contributed by atoms with Gasteiger partial charge in [-0.1, -0.05) is 0 Å². The van der Waals surface area contributed by atoms with Crippen molar-refractivity contribution in [1.29, 1.82) is 0 Å². The monoisotopic (exact) mass is 207 g/mol. The lowest BCUT2D eigenvalue weighted by Crippen LogP contribution is -2.07. The van der Waals surface area contributed by atoms with E-state index in [0.29, 0.717) is 0 Å². The van der Waals surface area contributed by atoms with Gasteiger partial charge in [-0.3, -0.25) is 9.59 Å². The van der Waals surface area contributed by atoms with Crippen LogP contribution in [0.15, 0.2) is 12.1 Å². The third-order valence-corrected chi connectivity index (χ3v) is 1.94. The number of phenolic OH excluding ortho intramolecular Hbond substituents is 1. The van der Waals surface area contributed by atoms with E-state index in [4.69, 9.17) is 0 Å². The first-order valence-corrected chi connectivity index (χ1v) is 4.54. The van der Waals surface area contributed by atoms with Crippen LogP contribution in [-0.4, -0.2) is 16.8 Å². The maximum atomic E-state index is 11.2. The van der Waals surface area contributed by atoms with Gasteiger partial charge in [0.15, 0.2) is 5.78 Å². The van der Waals surface area contributed by atoms with Gasteiger partial charge in [0.25, 0.3) is 0 Å². The quantitative estimate of drug-likeness (QED) is 0.574. The average Bonchev–Trinajstić information content (AvgIpc) is 2.09. The molecule has 0 radical (unpaired) electrons. The van der Waals surface area contributed by atoms with Crippen LogP contribution < -0.4 is 5.32 Å². The number of carbonyl (C=O) groups is 2. The largest absolute Gasteiger partial charge is 0.505 e. The summed E-state index contributed by atoms with van der Waals surface area (Å²) in [5, 5.41) is 12.2. The molecule has 1 aromatic carbocycles. The number of nitrogens with one attached hydrogen (secondary N) is 1. The van der Waals surface area contributed by atoms with Crippen molar-refractivity contribution in [3.63, 3.8) is 0 Å². The van der Waals surface area contributed by atoms with Gasteiger partial charge in [0.05, 0.1) is 11.3 Å². The highest BCUT2D eigenvalue weighted by Gasteiger charge is 2.12. The van der Waals surface area contributed by atoms with Crippen molar-refractivity contribution in [2.24, 2.45) is 0 Å². The number of aryl methyl sites for hydroxylation is 1. The van der Waals surface area contributed by atoms with Crippen molar-refractivity contribution in [3.8, 4) is 5.75 Å². The number of ketones is 1. The summed E-state index contributed by atoms with van der Waals surface area (Å²) in [6.07, 6.45) is 0. The van der Waals surface area contributed by atoms with E-state index in [0.717, 1.165) is 5.56 Å². The Kier molecular flexibility index (Phi) is 3.09. The molecule has 0 aliphatic rings. The molecule has 4 heteroatoms. The fraction of sp³-hybridized carbons (Fsp3) is 0.273. The van der Waals surface area contributed by atoms with Gasteiger partial charge in [0.2, 0.25) is 5.91 Å². The summed E-state index contributed by atoms with van der Waals surface area (Å²) in [5.41, 5.74) is 1.30. The average molecular weight is 207 g/mol. The molecule has 0 heterocycles. The lowest BCUT2D eigenvalue weighted by Gasteiger charge is -2.09. The number of amides is 1. The highest BCUT2D eigenvalue weighted by molar-refractivity contribution is 6.01. The lowest BCUT2D eigenvalue weighted by atomic mass is 10.1. The van der Waals surface area contributed by atoms with Crippen LogP contribution in [0.4, 0.5) is 5.69 Å². The van der Waals surface area contributed by atoms with Gasteiger partial charge in [-0.25, -0.2) is 0 Å². The predicted molar refractivity (Wildman–Crippen MR) is 57.2 cm³/mol. The molecule has 0 saturated carbocycles. The predicted octanol–water partition coefficient (Wildman–Crippen LogP) is 1.86. The molecule has 0 aromatic heterocycles. The second-order valence-electron chi connectivity index (χ2n) is 3.45. The Bertz CT molecular complexity index is 424. The van der Waals surface area contributed by atoms with Crippen LogP contribution in [-0.2, 0) is 4.79 Å². The van der Waals surface area contributed by atoms with Gasteiger partial charge in [0, 0.05) is 6.92 Å². The molecule has 0 fully saturated rings. The van der Waals surface area contributed by atoms with Crippen LogP contribution in [0.1, 0.15) is 29.8 Å². The van der Waals surface area contributed by atoms with Crippen LogP contribution in [0.5, 0.6) is 5.75 Å². The zero-order valence-corrected chi connectivity index (χ0v) is 8.92. The third kappa shape index (κ3) is 2.56. The first kappa shape index (κ1) is 11.2. The molecule has 0 aliphatic heterocycles. The molecule has 4 nitrogen and oxygen atoms in total. The number of Topliss-reactive ketones (excluding diaryl/α,β-unsaturated/α-hetero) is 1. The summed E-state index contributed by atoms with van der Waals surface area (Å²) in [6, 6.07) is 3.20. The van der Waals surface area contributed by atoms with Gasteiger partial charge in [-0.15, -0.1) is 0 Å². The van der Waals surface area contributed by atoms with Gasteiger partial charge >= 0.3 is 0 Å². The Morgan fingerprint density at radius 1 is 1.27 bits per heavy atom. The lowest BCUT2D eigenvalue weighted by molar-refractivity contribution is -0.114. The first-order chi connectivity index (χ1) is 6.91. The minimum absolute atomic E-state index is 0.177. The molecule has 1 rings (SSSR count). The fourth-order valence-corrected chi connectivity index (χ4v) is 1.33. The topological polar surface area (TPSA) is 66.4 Å². The van der Waals surface area contributed by atoms with Gasteiger partial charge < -0.3 is 10.4 Å².